The Labute approximate surface area is 89.5 Å². The number of nitriles is 1. The van der Waals surface area contributed by atoms with E-state index in [0.29, 0.717) is 0 Å². The van der Waals surface area contributed by atoms with Crippen LogP contribution in [-0.4, -0.2) is 6.61 Å². The Morgan fingerprint density at radius 3 is 2.87 bits per heavy atom. The van der Waals surface area contributed by atoms with E-state index < -0.39 is 0 Å². The predicted molar refractivity (Wildman–Crippen MR) is 56.8 cm³/mol. The summed E-state index contributed by atoms with van der Waals surface area (Å²) in [5.41, 5.74) is 2.28. The third-order valence-electron chi connectivity index (χ3n) is 3.66. The van der Waals surface area contributed by atoms with Crippen LogP contribution in [0.4, 0.5) is 0 Å². The lowest BCUT2D eigenvalue weighted by Gasteiger charge is -2.35. The number of hydrogen-bond acceptors (Lipinski definition) is 2. The van der Waals surface area contributed by atoms with Crippen molar-refractivity contribution in [2.24, 2.45) is 0 Å². The smallest absolute Gasteiger partial charge is 0.122 e. The van der Waals surface area contributed by atoms with Gasteiger partial charge in [0.25, 0.3) is 0 Å². The molecule has 0 amide bonds. The molecule has 15 heavy (non-hydrogen) atoms. The third-order valence-corrected chi connectivity index (χ3v) is 3.66. The molecule has 0 aromatic heterocycles. The summed E-state index contributed by atoms with van der Waals surface area (Å²) in [6, 6.07) is 8.74. The van der Waals surface area contributed by atoms with Gasteiger partial charge in [-0.25, -0.2) is 0 Å². The summed E-state index contributed by atoms with van der Waals surface area (Å²) in [5, 5.41) is 9.26. The molecule has 2 aliphatic rings. The second-order valence-electron chi connectivity index (χ2n) is 4.47. The molecule has 3 rings (SSSR count). The predicted octanol–water partition coefficient (Wildman–Crippen LogP) is 2.57. The average Bonchev–Trinajstić information content (AvgIpc) is 2.64. The van der Waals surface area contributed by atoms with Gasteiger partial charge in [0.1, 0.15) is 5.75 Å². The van der Waals surface area contributed by atoms with Crippen molar-refractivity contribution in [2.45, 2.75) is 31.1 Å². The van der Waals surface area contributed by atoms with E-state index in [2.05, 4.69) is 18.2 Å². The van der Waals surface area contributed by atoms with Crippen LogP contribution in [0.3, 0.4) is 0 Å². The molecule has 0 N–H and O–H groups in total. The monoisotopic (exact) mass is 199 g/mol. The van der Waals surface area contributed by atoms with Gasteiger partial charge in [-0.15, -0.1) is 0 Å². The van der Waals surface area contributed by atoms with Crippen molar-refractivity contribution in [3.8, 4) is 11.8 Å². The molecule has 0 saturated heterocycles. The Morgan fingerprint density at radius 1 is 1.33 bits per heavy atom. The van der Waals surface area contributed by atoms with E-state index in [1.807, 2.05) is 6.07 Å². The lowest BCUT2D eigenvalue weighted by atomic mass is 9.65. The molecule has 1 aliphatic heterocycles. The molecule has 2 heteroatoms. The first-order valence-corrected chi connectivity index (χ1v) is 5.52. The maximum Gasteiger partial charge on any atom is 0.122 e. The summed E-state index contributed by atoms with van der Waals surface area (Å²) in [5.74, 6) is 1.01. The van der Waals surface area contributed by atoms with E-state index in [4.69, 9.17) is 4.74 Å². The lowest BCUT2D eigenvalue weighted by Crippen LogP contribution is -2.32. The van der Waals surface area contributed by atoms with E-state index >= 15 is 0 Å². The molecule has 1 aromatic carbocycles. The first kappa shape index (κ1) is 8.79. The molecule has 1 fully saturated rings. The number of rotatable bonds is 1. The van der Waals surface area contributed by atoms with Crippen LogP contribution in [0.1, 0.15) is 30.4 Å². The number of hydrogen-bond donors (Lipinski definition) is 0. The summed E-state index contributed by atoms with van der Waals surface area (Å²) < 4.78 is 5.47. The first-order valence-electron chi connectivity index (χ1n) is 5.52. The summed E-state index contributed by atoms with van der Waals surface area (Å²) >= 11 is 0. The van der Waals surface area contributed by atoms with Gasteiger partial charge in [0.2, 0.25) is 0 Å². The molecular weight excluding hydrogens is 186 g/mol. The van der Waals surface area contributed by atoms with Crippen molar-refractivity contribution in [3.63, 3.8) is 0 Å². The Kier molecular flexibility index (Phi) is 1.76. The molecule has 1 saturated carbocycles. The van der Waals surface area contributed by atoms with Crippen molar-refractivity contribution in [1.29, 1.82) is 5.26 Å². The number of fused-ring (bicyclic) bond motifs is 1. The van der Waals surface area contributed by atoms with Crippen LogP contribution in [0, 0.1) is 11.3 Å². The van der Waals surface area contributed by atoms with Crippen molar-refractivity contribution in [2.75, 3.05) is 6.61 Å². The standard InChI is InChI=1S/C13H13NO/c14-9-13(5-1-6-13)11-2-3-12-10(8-11)4-7-15-12/h2-3,8H,1,4-7H2. The quantitative estimate of drug-likeness (QED) is 0.696. The minimum atomic E-state index is -0.183. The Hall–Kier alpha value is -1.49. The molecule has 0 atom stereocenters. The Bertz CT molecular complexity index is 440. The average molecular weight is 199 g/mol. The highest BCUT2D eigenvalue weighted by Gasteiger charge is 2.39. The maximum absolute atomic E-state index is 9.26. The zero-order valence-electron chi connectivity index (χ0n) is 8.62. The molecule has 1 aromatic rings. The van der Waals surface area contributed by atoms with Gasteiger partial charge in [-0.2, -0.15) is 5.26 Å². The third kappa shape index (κ3) is 1.16. The molecule has 0 unspecified atom stereocenters. The fourth-order valence-corrected chi connectivity index (χ4v) is 2.48. The van der Waals surface area contributed by atoms with Crippen LogP contribution in [0.25, 0.3) is 0 Å². The Balaban J connectivity index is 2.03. The molecule has 0 spiro atoms. The van der Waals surface area contributed by atoms with E-state index in [0.717, 1.165) is 31.6 Å². The molecular formula is C13H13NO. The Morgan fingerprint density at radius 2 is 2.20 bits per heavy atom. The lowest BCUT2D eigenvalue weighted by molar-refractivity contribution is 0.323. The topological polar surface area (TPSA) is 33.0 Å². The van der Waals surface area contributed by atoms with E-state index in [1.54, 1.807) is 0 Å². The minimum Gasteiger partial charge on any atom is -0.493 e. The van der Waals surface area contributed by atoms with Crippen molar-refractivity contribution in [3.05, 3.63) is 29.3 Å². The molecule has 0 bridgehead atoms. The number of ether oxygens (including phenoxy) is 1. The van der Waals surface area contributed by atoms with Crippen molar-refractivity contribution >= 4 is 0 Å². The van der Waals surface area contributed by atoms with Gasteiger partial charge in [0.05, 0.1) is 18.1 Å². The summed E-state index contributed by atoms with van der Waals surface area (Å²) in [6.07, 6.45) is 4.21. The summed E-state index contributed by atoms with van der Waals surface area (Å²) in [4.78, 5) is 0. The van der Waals surface area contributed by atoms with Gasteiger partial charge >= 0.3 is 0 Å². The largest absolute Gasteiger partial charge is 0.493 e. The highest BCUT2D eigenvalue weighted by Crippen LogP contribution is 2.44. The summed E-state index contributed by atoms with van der Waals surface area (Å²) in [6.45, 7) is 0.790. The maximum atomic E-state index is 9.26. The highest BCUT2D eigenvalue weighted by atomic mass is 16.5. The van der Waals surface area contributed by atoms with Crippen molar-refractivity contribution in [1.82, 2.24) is 0 Å². The zero-order chi connectivity index (χ0) is 10.3. The molecule has 2 nitrogen and oxygen atoms in total. The number of benzene rings is 1. The molecule has 1 heterocycles. The SMILES string of the molecule is N#CC1(c2ccc3c(c2)CCO3)CCC1. The highest BCUT2D eigenvalue weighted by molar-refractivity contribution is 5.45. The fourth-order valence-electron chi connectivity index (χ4n) is 2.48. The van der Waals surface area contributed by atoms with Gasteiger partial charge in [0.15, 0.2) is 0 Å². The van der Waals surface area contributed by atoms with Crippen molar-refractivity contribution < 1.29 is 4.74 Å². The minimum absolute atomic E-state index is 0.183. The van der Waals surface area contributed by atoms with E-state index in [9.17, 15) is 5.26 Å². The van der Waals surface area contributed by atoms with Crippen LogP contribution < -0.4 is 4.74 Å². The molecule has 76 valence electrons. The first-order chi connectivity index (χ1) is 7.34. The second kappa shape index (κ2) is 3.00. The van der Waals surface area contributed by atoms with Crippen LogP contribution in [0.5, 0.6) is 5.75 Å². The van der Waals surface area contributed by atoms with Crippen LogP contribution in [-0.2, 0) is 11.8 Å². The normalized spacial score (nSPS) is 21.0. The molecule has 0 radical (unpaired) electrons. The summed E-state index contributed by atoms with van der Waals surface area (Å²) in [7, 11) is 0. The van der Waals surface area contributed by atoms with Gasteiger partial charge in [-0.05, 0) is 36.5 Å². The van der Waals surface area contributed by atoms with Gasteiger partial charge in [-0.1, -0.05) is 12.1 Å². The van der Waals surface area contributed by atoms with Gasteiger partial charge < -0.3 is 4.74 Å². The van der Waals surface area contributed by atoms with Crippen LogP contribution >= 0.6 is 0 Å². The second-order valence-corrected chi connectivity index (χ2v) is 4.47. The molecule has 1 aliphatic carbocycles. The van der Waals surface area contributed by atoms with Gasteiger partial charge in [-0.3, -0.25) is 0 Å². The van der Waals surface area contributed by atoms with E-state index in [-0.39, 0.29) is 5.41 Å². The number of nitrogens with zero attached hydrogens (tertiary/aromatic N) is 1. The van der Waals surface area contributed by atoms with Crippen LogP contribution in [0.2, 0.25) is 0 Å². The van der Waals surface area contributed by atoms with E-state index in [1.165, 1.54) is 17.5 Å². The zero-order valence-corrected chi connectivity index (χ0v) is 8.62. The van der Waals surface area contributed by atoms with Gasteiger partial charge in [0, 0.05) is 6.42 Å². The fraction of sp³-hybridized carbons (Fsp3) is 0.462. The van der Waals surface area contributed by atoms with Crippen LogP contribution in [0.15, 0.2) is 18.2 Å².